The van der Waals surface area contributed by atoms with Gasteiger partial charge in [-0.05, 0) is 13.8 Å². The molecule has 4 nitrogen and oxygen atoms in total. The maximum Gasteiger partial charge on any atom is 0.246 e. The molecule has 0 aromatic heterocycles. The van der Waals surface area contributed by atoms with Crippen LogP contribution in [0.15, 0.2) is 12.2 Å². The van der Waals surface area contributed by atoms with E-state index in [2.05, 4.69) is 11.9 Å². The summed E-state index contributed by atoms with van der Waals surface area (Å²) in [6, 6.07) is 0. The van der Waals surface area contributed by atoms with Crippen LogP contribution in [0.1, 0.15) is 13.8 Å². The molecule has 0 aliphatic rings. The summed E-state index contributed by atoms with van der Waals surface area (Å²) >= 11 is 0. The average molecular weight is 173 g/mol. The number of hydrogen-bond acceptors (Lipinski definition) is 3. The molecular formula is C8H15NO3. The van der Waals surface area contributed by atoms with Gasteiger partial charge in [-0.25, -0.2) is 0 Å². The van der Waals surface area contributed by atoms with Crippen molar-refractivity contribution in [3.8, 4) is 0 Å². The minimum atomic E-state index is -0.932. The van der Waals surface area contributed by atoms with Crippen LogP contribution in [0, 0.1) is 0 Å². The third-order valence-electron chi connectivity index (χ3n) is 1.18. The Bertz CT molecular complexity index is 168. The summed E-state index contributed by atoms with van der Waals surface area (Å²) < 4.78 is 4.78. The number of rotatable bonds is 5. The van der Waals surface area contributed by atoms with Crippen molar-refractivity contribution in [2.75, 3.05) is 13.2 Å². The fraction of sp³-hybridized carbons (Fsp3) is 0.625. The van der Waals surface area contributed by atoms with Gasteiger partial charge in [-0.1, -0.05) is 6.58 Å². The van der Waals surface area contributed by atoms with E-state index in [1.165, 1.54) is 0 Å². The highest BCUT2D eigenvalue weighted by atomic mass is 16.6. The lowest BCUT2D eigenvalue weighted by molar-refractivity contribution is -0.123. The predicted molar refractivity (Wildman–Crippen MR) is 45.5 cm³/mol. The monoisotopic (exact) mass is 173 g/mol. The summed E-state index contributed by atoms with van der Waals surface area (Å²) in [6.07, 6.45) is -0.932. The highest BCUT2D eigenvalue weighted by Gasteiger charge is 2.05. The second-order valence-corrected chi connectivity index (χ2v) is 2.40. The molecule has 0 rings (SSSR count). The van der Waals surface area contributed by atoms with E-state index in [1.54, 1.807) is 13.8 Å². The largest absolute Gasteiger partial charge is 0.366 e. The van der Waals surface area contributed by atoms with Gasteiger partial charge in [0.15, 0.2) is 6.29 Å². The van der Waals surface area contributed by atoms with Crippen molar-refractivity contribution in [2.45, 2.75) is 20.1 Å². The average Bonchev–Trinajstić information content (AvgIpc) is 2.00. The van der Waals surface area contributed by atoms with E-state index in [0.29, 0.717) is 12.2 Å². The number of carbonyl (C=O) groups is 1. The molecule has 1 amide bonds. The van der Waals surface area contributed by atoms with E-state index < -0.39 is 6.29 Å². The Kier molecular flexibility index (Phi) is 5.32. The molecule has 0 saturated carbocycles. The fourth-order valence-corrected chi connectivity index (χ4v) is 0.582. The van der Waals surface area contributed by atoms with Crippen molar-refractivity contribution in [1.82, 2.24) is 5.32 Å². The van der Waals surface area contributed by atoms with E-state index in [0.717, 1.165) is 0 Å². The smallest absolute Gasteiger partial charge is 0.246 e. The Morgan fingerprint density at radius 1 is 1.75 bits per heavy atom. The lowest BCUT2D eigenvalue weighted by Gasteiger charge is -2.10. The number of ether oxygens (including phenoxy) is 1. The van der Waals surface area contributed by atoms with Crippen LogP contribution >= 0.6 is 0 Å². The van der Waals surface area contributed by atoms with Crippen LogP contribution in [0.2, 0.25) is 0 Å². The summed E-state index contributed by atoms with van der Waals surface area (Å²) in [5, 5.41) is 11.5. The minimum Gasteiger partial charge on any atom is -0.366 e. The summed E-state index contributed by atoms with van der Waals surface area (Å²) in [4.78, 5) is 10.9. The maximum atomic E-state index is 10.9. The number of hydrogen-bond donors (Lipinski definition) is 2. The first-order valence-corrected chi connectivity index (χ1v) is 3.81. The van der Waals surface area contributed by atoms with Crippen LogP contribution in [-0.2, 0) is 9.53 Å². The number of aliphatic hydroxyl groups excluding tert-OH is 1. The first kappa shape index (κ1) is 11.1. The molecule has 0 saturated heterocycles. The molecule has 0 aromatic carbocycles. The minimum absolute atomic E-state index is 0.0968. The van der Waals surface area contributed by atoms with Crippen LogP contribution in [0.25, 0.3) is 0 Å². The molecule has 4 heteroatoms. The van der Waals surface area contributed by atoms with Gasteiger partial charge in [0.1, 0.15) is 0 Å². The molecule has 12 heavy (non-hydrogen) atoms. The van der Waals surface area contributed by atoms with Gasteiger partial charge >= 0.3 is 0 Å². The maximum absolute atomic E-state index is 10.9. The summed E-state index contributed by atoms with van der Waals surface area (Å²) in [6.45, 7) is 7.33. The van der Waals surface area contributed by atoms with Crippen molar-refractivity contribution in [3.63, 3.8) is 0 Å². The molecule has 0 aliphatic heterocycles. The number of carbonyl (C=O) groups excluding carboxylic acids is 1. The highest BCUT2D eigenvalue weighted by molar-refractivity contribution is 5.92. The number of aliphatic hydroxyl groups is 1. The van der Waals surface area contributed by atoms with Gasteiger partial charge < -0.3 is 15.2 Å². The third kappa shape index (κ3) is 4.87. The van der Waals surface area contributed by atoms with Gasteiger partial charge in [-0.3, -0.25) is 4.79 Å². The molecule has 0 spiro atoms. The molecule has 1 unspecified atom stereocenters. The molecule has 1 atom stereocenters. The number of nitrogens with one attached hydrogen (secondary N) is 1. The first-order chi connectivity index (χ1) is 5.57. The standard InChI is InChI=1S/C8H15NO3/c1-4-12-7(10)5-9-8(11)6(2)3/h7,10H,2,4-5H2,1,3H3,(H,9,11). The summed E-state index contributed by atoms with van der Waals surface area (Å²) in [5.74, 6) is -0.270. The Balaban J connectivity index is 3.54. The SMILES string of the molecule is C=C(C)C(=O)NCC(O)OCC. The Labute approximate surface area is 72.2 Å². The lowest BCUT2D eigenvalue weighted by atomic mass is 10.3. The molecule has 0 aromatic rings. The Morgan fingerprint density at radius 2 is 2.33 bits per heavy atom. The van der Waals surface area contributed by atoms with Crippen LogP contribution in [0.3, 0.4) is 0 Å². The van der Waals surface area contributed by atoms with Gasteiger partial charge in [0.25, 0.3) is 0 Å². The molecule has 0 aliphatic carbocycles. The lowest BCUT2D eigenvalue weighted by Crippen LogP contribution is -2.33. The van der Waals surface area contributed by atoms with Crippen molar-refractivity contribution in [2.24, 2.45) is 0 Å². The zero-order chi connectivity index (χ0) is 9.56. The highest BCUT2D eigenvalue weighted by Crippen LogP contribution is 1.88. The quantitative estimate of drug-likeness (QED) is 0.455. The molecule has 0 fully saturated rings. The Morgan fingerprint density at radius 3 is 2.75 bits per heavy atom. The fourth-order valence-electron chi connectivity index (χ4n) is 0.582. The molecular weight excluding hydrogens is 158 g/mol. The van der Waals surface area contributed by atoms with Gasteiger partial charge in [0, 0.05) is 12.2 Å². The van der Waals surface area contributed by atoms with Crippen molar-refractivity contribution >= 4 is 5.91 Å². The predicted octanol–water partition coefficient (Wildman–Crippen LogP) is 0.0336. The number of amides is 1. The second kappa shape index (κ2) is 5.74. The van der Waals surface area contributed by atoms with Crippen molar-refractivity contribution < 1.29 is 14.6 Å². The summed E-state index contributed by atoms with van der Waals surface area (Å²) in [7, 11) is 0. The van der Waals surface area contributed by atoms with E-state index in [1.807, 2.05) is 0 Å². The zero-order valence-corrected chi connectivity index (χ0v) is 7.46. The topological polar surface area (TPSA) is 58.6 Å². The van der Waals surface area contributed by atoms with Crippen molar-refractivity contribution in [1.29, 1.82) is 0 Å². The molecule has 70 valence electrons. The third-order valence-corrected chi connectivity index (χ3v) is 1.18. The van der Waals surface area contributed by atoms with Crippen LogP contribution in [0.5, 0.6) is 0 Å². The van der Waals surface area contributed by atoms with Gasteiger partial charge in [0.05, 0.1) is 6.54 Å². The first-order valence-electron chi connectivity index (χ1n) is 3.81. The van der Waals surface area contributed by atoms with Crippen LogP contribution < -0.4 is 5.32 Å². The summed E-state index contributed by atoms with van der Waals surface area (Å²) in [5.41, 5.74) is 0.415. The van der Waals surface area contributed by atoms with Crippen LogP contribution in [-0.4, -0.2) is 30.5 Å². The van der Waals surface area contributed by atoms with Gasteiger partial charge in [-0.2, -0.15) is 0 Å². The van der Waals surface area contributed by atoms with E-state index >= 15 is 0 Å². The van der Waals surface area contributed by atoms with Crippen molar-refractivity contribution in [3.05, 3.63) is 12.2 Å². The molecule has 2 N–H and O–H groups in total. The van der Waals surface area contributed by atoms with E-state index in [4.69, 9.17) is 9.84 Å². The van der Waals surface area contributed by atoms with Gasteiger partial charge in [0.2, 0.25) is 5.91 Å². The van der Waals surface area contributed by atoms with Gasteiger partial charge in [-0.15, -0.1) is 0 Å². The second-order valence-electron chi connectivity index (χ2n) is 2.40. The van der Waals surface area contributed by atoms with Crippen LogP contribution in [0.4, 0.5) is 0 Å². The van der Waals surface area contributed by atoms with E-state index in [9.17, 15) is 4.79 Å². The molecule has 0 heterocycles. The zero-order valence-electron chi connectivity index (χ0n) is 7.46. The Hall–Kier alpha value is -0.870. The normalized spacial score (nSPS) is 12.2. The van der Waals surface area contributed by atoms with E-state index in [-0.39, 0.29) is 12.5 Å². The molecule has 0 bridgehead atoms. The molecule has 0 radical (unpaired) electrons.